The minimum absolute atomic E-state index is 0.221. The van der Waals surface area contributed by atoms with E-state index in [4.69, 9.17) is 17.3 Å². The van der Waals surface area contributed by atoms with Gasteiger partial charge in [0.15, 0.2) is 5.13 Å². The third-order valence-corrected chi connectivity index (χ3v) is 7.22. The van der Waals surface area contributed by atoms with Gasteiger partial charge in [-0.25, -0.2) is 14.8 Å². The zero-order valence-corrected chi connectivity index (χ0v) is 19.1. The fourth-order valence-electron chi connectivity index (χ4n) is 2.59. The molecule has 0 spiro atoms. The van der Waals surface area contributed by atoms with Crippen molar-refractivity contribution in [2.24, 2.45) is 0 Å². The van der Waals surface area contributed by atoms with Gasteiger partial charge in [-0.15, -0.1) is 22.7 Å². The van der Waals surface area contributed by atoms with E-state index in [0.717, 1.165) is 11.3 Å². The van der Waals surface area contributed by atoms with Crippen molar-refractivity contribution in [3.05, 3.63) is 51.0 Å². The van der Waals surface area contributed by atoms with E-state index in [2.05, 4.69) is 25.9 Å². The average Bonchev–Trinajstić information content (AvgIpc) is 3.48. The summed E-state index contributed by atoms with van der Waals surface area (Å²) in [7, 11) is 1.52. The van der Waals surface area contributed by atoms with Crippen molar-refractivity contribution in [1.29, 1.82) is 0 Å². The second-order valence-electron chi connectivity index (χ2n) is 6.11. The lowest BCUT2D eigenvalue weighted by Gasteiger charge is -2.05. The summed E-state index contributed by atoms with van der Waals surface area (Å²) in [5.74, 6) is 0.0783. The highest BCUT2D eigenvalue weighted by Crippen LogP contribution is 2.38. The maximum atomic E-state index is 12.4. The molecule has 0 radical (unpaired) electrons. The molecule has 0 unspecified atom stereocenters. The number of rotatable bonds is 5. The Labute approximate surface area is 194 Å². The molecule has 0 saturated carbocycles. The molecule has 5 N–H and O–H groups in total. The number of benzene rings is 1. The van der Waals surface area contributed by atoms with Crippen LogP contribution in [0, 0.1) is 0 Å². The minimum atomic E-state index is -0.371. The van der Waals surface area contributed by atoms with Crippen LogP contribution in [0.15, 0.2) is 41.8 Å². The van der Waals surface area contributed by atoms with E-state index in [1.807, 2.05) is 29.6 Å². The second kappa shape index (κ2) is 9.02. The van der Waals surface area contributed by atoms with Crippen LogP contribution in [0.4, 0.5) is 21.4 Å². The van der Waals surface area contributed by atoms with Crippen LogP contribution in [0.3, 0.4) is 0 Å². The Bertz CT molecular complexity index is 1270. The molecule has 0 saturated heterocycles. The van der Waals surface area contributed by atoms with E-state index >= 15 is 0 Å². The number of thiazole rings is 2. The van der Waals surface area contributed by atoms with E-state index in [1.165, 1.54) is 41.1 Å². The van der Waals surface area contributed by atoms with Crippen molar-refractivity contribution in [2.75, 3.05) is 23.4 Å². The number of halogens is 1. The molecule has 0 aliphatic heterocycles. The SMILES string of the molecule is CNC(=O)Nc1nc(N)c(-c2nc(-c3cccc(NC(=O)c4ccc(Cl)s4)c3)cs2)s1. The van der Waals surface area contributed by atoms with Gasteiger partial charge in [-0.3, -0.25) is 10.1 Å². The Morgan fingerprint density at radius 1 is 1.10 bits per heavy atom. The Morgan fingerprint density at radius 3 is 2.68 bits per heavy atom. The number of carbonyl (C=O) groups is 2. The van der Waals surface area contributed by atoms with Crippen molar-refractivity contribution in [2.45, 2.75) is 0 Å². The molecular formula is C19H15ClN6O2S3. The first-order valence-corrected chi connectivity index (χ1v) is 11.7. The number of nitrogens with two attached hydrogens (primary N) is 1. The quantitative estimate of drug-likeness (QED) is 0.305. The number of amides is 3. The molecule has 0 atom stereocenters. The number of thiophene rings is 1. The highest BCUT2D eigenvalue weighted by atomic mass is 35.5. The molecule has 1 aromatic carbocycles. The number of hydrogen-bond acceptors (Lipinski definition) is 8. The summed E-state index contributed by atoms with van der Waals surface area (Å²) in [6.45, 7) is 0. The molecule has 8 nitrogen and oxygen atoms in total. The summed E-state index contributed by atoms with van der Waals surface area (Å²) < 4.78 is 0.560. The monoisotopic (exact) mass is 490 g/mol. The second-order valence-corrected chi connectivity index (χ2v) is 9.69. The van der Waals surface area contributed by atoms with Gasteiger partial charge in [0.2, 0.25) is 0 Å². The Morgan fingerprint density at radius 2 is 1.94 bits per heavy atom. The topological polar surface area (TPSA) is 122 Å². The van der Waals surface area contributed by atoms with Gasteiger partial charge in [-0.1, -0.05) is 35.1 Å². The average molecular weight is 491 g/mol. The van der Waals surface area contributed by atoms with Crippen LogP contribution < -0.4 is 21.7 Å². The predicted molar refractivity (Wildman–Crippen MR) is 128 cm³/mol. The molecule has 4 aromatic rings. The van der Waals surface area contributed by atoms with E-state index in [0.29, 0.717) is 35.7 Å². The Kier molecular flexibility index (Phi) is 6.18. The molecule has 4 rings (SSSR count). The molecule has 31 heavy (non-hydrogen) atoms. The van der Waals surface area contributed by atoms with Crippen molar-refractivity contribution < 1.29 is 9.59 Å². The number of nitrogen functional groups attached to an aromatic ring is 1. The number of urea groups is 1. The van der Waals surface area contributed by atoms with E-state index < -0.39 is 0 Å². The fourth-order valence-corrected chi connectivity index (χ4v) is 5.34. The summed E-state index contributed by atoms with van der Waals surface area (Å²) in [4.78, 5) is 33.9. The summed E-state index contributed by atoms with van der Waals surface area (Å²) >= 11 is 9.80. The third-order valence-electron chi connectivity index (χ3n) is 4.01. The van der Waals surface area contributed by atoms with Crippen LogP contribution in [0.5, 0.6) is 0 Å². The summed E-state index contributed by atoms with van der Waals surface area (Å²) in [6.07, 6.45) is 0. The number of carbonyl (C=O) groups excluding carboxylic acids is 2. The van der Waals surface area contributed by atoms with E-state index in [1.54, 1.807) is 12.1 Å². The van der Waals surface area contributed by atoms with Gasteiger partial charge in [0.25, 0.3) is 5.91 Å². The molecule has 3 heterocycles. The largest absolute Gasteiger partial charge is 0.382 e. The van der Waals surface area contributed by atoms with Crippen LogP contribution in [0.25, 0.3) is 21.1 Å². The first-order chi connectivity index (χ1) is 14.9. The smallest absolute Gasteiger partial charge is 0.320 e. The molecule has 3 amide bonds. The summed E-state index contributed by atoms with van der Waals surface area (Å²) in [5.41, 5.74) is 8.25. The maximum absolute atomic E-state index is 12.4. The maximum Gasteiger partial charge on any atom is 0.320 e. The van der Waals surface area contributed by atoms with Crippen LogP contribution in [-0.4, -0.2) is 29.0 Å². The number of nitrogens with one attached hydrogen (secondary N) is 3. The standard InChI is InChI=1S/C19H15ClN6O2S3/c1-22-18(28)26-19-25-15(21)14(31-19)17-24-11(8-29-17)9-3-2-4-10(7-9)23-16(27)12-5-6-13(20)30-12/h2-8H,21H2,1H3,(H,23,27)(H2,22,25,26,28). The lowest BCUT2D eigenvalue weighted by Crippen LogP contribution is -2.24. The number of nitrogens with zero attached hydrogens (tertiary/aromatic N) is 2. The molecule has 0 aliphatic rings. The van der Waals surface area contributed by atoms with E-state index in [-0.39, 0.29) is 11.9 Å². The van der Waals surface area contributed by atoms with Crippen LogP contribution in [0.2, 0.25) is 4.34 Å². The first-order valence-electron chi connectivity index (χ1n) is 8.81. The van der Waals surface area contributed by atoms with Gasteiger partial charge in [0.1, 0.15) is 15.7 Å². The van der Waals surface area contributed by atoms with Crippen molar-refractivity contribution in [1.82, 2.24) is 15.3 Å². The van der Waals surface area contributed by atoms with Gasteiger partial charge in [0, 0.05) is 23.7 Å². The molecule has 158 valence electrons. The van der Waals surface area contributed by atoms with Crippen LogP contribution in [0.1, 0.15) is 9.67 Å². The van der Waals surface area contributed by atoms with Crippen molar-refractivity contribution >= 4 is 74.2 Å². The molecule has 12 heteroatoms. The lowest BCUT2D eigenvalue weighted by molar-refractivity contribution is 0.103. The van der Waals surface area contributed by atoms with Crippen molar-refractivity contribution in [3.63, 3.8) is 0 Å². The number of hydrogen-bond donors (Lipinski definition) is 4. The number of aromatic nitrogens is 2. The summed E-state index contributed by atoms with van der Waals surface area (Å²) in [5, 5.41) is 10.9. The van der Waals surface area contributed by atoms with Gasteiger partial charge >= 0.3 is 6.03 Å². The molecule has 0 bridgehead atoms. The molecular weight excluding hydrogens is 476 g/mol. The molecule has 3 aromatic heterocycles. The highest BCUT2D eigenvalue weighted by molar-refractivity contribution is 7.23. The predicted octanol–water partition coefficient (Wildman–Crippen LogP) is 5.23. The normalized spacial score (nSPS) is 10.6. The third kappa shape index (κ3) is 4.85. The zero-order valence-electron chi connectivity index (χ0n) is 15.9. The Balaban J connectivity index is 1.54. The van der Waals surface area contributed by atoms with Gasteiger partial charge in [-0.05, 0) is 24.3 Å². The van der Waals surface area contributed by atoms with Gasteiger partial charge in [-0.2, -0.15) is 0 Å². The summed E-state index contributed by atoms with van der Waals surface area (Å²) in [6, 6.07) is 10.4. The van der Waals surface area contributed by atoms with Crippen molar-refractivity contribution in [3.8, 4) is 21.1 Å². The zero-order chi connectivity index (χ0) is 22.0. The van der Waals surface area contributed by atoms with Crippen LogP contribution >= 0.6 is 45.6 Å². The van der Waals surface area contributed by atoms with Crippen LogP contribution in [-0.2, 0) is 0 Å². The molecule has 0 aliphatic carbocycles. The lowest BCUT2D eigenvalue weighted by atomic mass is 10.1. The van der Waals surface area contributed by atoms with E-state index in [9.17, 15) is 9.59 Å². The fraction of sp³-hybridized carbons (Fsp3) is 0.0526. The van der Waals surface area contributed by atoms with Gasteiger partial charge < -0.3 is 16.4 Å². The number of anilines is 3. The highest BCUT2D eigenvalue weighted by Gasteiger charge is 2.16. The minimum Gasteiger partial charge on any atom is -0.382 e. The Hall–Kier alpha value is -2.99. The first kappa shape index (κ1) is 21.2. The molecule has 0 fully saturated rings. The van der Waals surface area contributed by atoms with Gasteiger partial charge in [0.05, 0.1) is 14.9 Å².